The molecule has 1 saturated heterocycles. The third-order valence-corrected chi connectivity index (χ3v) is 6.65. The van der Waals surface area contributed by atoms with Crippen LogP contribution in [0.3, 0.4) is 0 Å². The molecule has 1 amide bonds. The van der Waals surface area contributed by atoms with Crippen molar-refractivity contribution in [3.63, 3.8) is 0 Å². The molecule has 8 heteroatoms. The minimum Gasteiger partial charge on any atom is -0.370 e. The van der Waals surface area contributed by atoms with Crippen molar-refractivity contribution >= 4 is 27.4 Å². The molecule has 0 bridgehead atoms. The third-order valence-electron chi connectivity index (χ3n) is 4.88. The van der Waals surface area contributed by atoms with Gasteiger partial charge in [-0.3, -0.25) is 9.79 Å². The molecule has 0 aromatic heterocycles. The number of aliphatic imine (C=N–C) groups is 1. The monoisotopic (exact) mass is 378 g/mol. The van der Waals surface area contributed by atoms with E-state index in [4.69, 9.17) is 5.73 Å². The van der Waals surface area contributed by atoms with Crippen LogP contribution in [-0.4, -0.2) is 44.4 Å². The van der Waals surface area contributed by atoms with E-state index >= 15 is 0 Å². The van der Waals surface area contributed by atoms with E-state index in [1.807, 2.05) is 12.1 Å². The number of carbonyl (C=O) groups is 1. The Bertz CT molecular complexity index is 805. The summed E-state index contributed by atoms with van der Waals surface area (Å²) in [6, 6.07) is 5.89. The van der Waals surface area contributed by atoms with Crippen LogP contribution >= 0.6 is 0 Å². The smallest absolute Gasteiger partial charge is 0.222 e. The van der Waals surface area contributed by atoms with Crippen molar-refractivity contribution in [2.75, 3.05) is 23.4 Å². The number of hydrogen-bond donors (Lipinski definition) is 3. The average Bonchev–Trinajstić information content (AvgIpc) is 2.93. The first-order chi connectivity index (χ1) is 12.4. The number of fused-ring (bicyclic) bond motifs is 1. The minimum atomic E-state index is -2.99. The Kier molecular flexibility index (Phi) is 5.80. The molecule has 142 valence electrons. The van der Waals surface area contributed by atoms with Gasteiger partial charge in [0, 0.05) is 18.2 Å². The summed E-state index contributed by atoms with van der Waals surface area (Å²) in [5, 5.41) is 5.89. The van der Waals surface area contributed by atoms with E-state index in [1.54, 1.807) is 0 Å². The number of amides is 1. The van der Waals surface area contributed by atoms with Crippen LogP contribution in [0.2, 0.25) is 0 Å². The number of benzene rings is 1. The van der Waals surface area contributed by atoms with E-state index in [1.165, 1.54) is 24.0 Å². The molecule has 1 aliphatic heterocycles. The first-order valence-electron chi connectivity index (χ1n) is 9.10. The van der Waals surface area contributed by atoms with Gasteiger partial charge in [-0.05, 0) is 49.3 Å². The molecule has 4 N–H and O–H groups in total. The molecule has 1 atom stereocenters. The van der Waals surface area contributed by atoms with Crippen LogP contribution in [0.15, 0.2) is 23.2 Å². The second-order valence-corrected chi connectivity index (χ2v) is 9.19. The summed E-state index contributed by atoms with van der Waals surface area (Å²) in [6.07, 6.45) is 5.21. The van der Waals surface area contributed by atoms with Crippen LogP contribution in [0, 0.1) is 0 Å². The number of guanidine groups is 1. The SMILES string of the molecule is NC(=NCCC(=O)NC1CCS(=O)(=O)C1)Nc1cccc2c1CCCC2. The molecule has 1 aromatic carbocycles. The van der Waals surface area contributed by atoms with Gasteiger partial charge in [-0.15, -0.1) is 0 Å². The lowest BCUT2D eigenvalue weighted by Gasteiger charge is -2.19. The highest BCUT2D eigenvalue weighted by Crippen LogP contribution is 2.27. The first-order valence-corrected chi connectivity index (χ1v) is 10.9. The number of rotatable bonds is 5. The Hall–Kier alpha value is -2.09. The minimum absolute atomic E-state index is 0.0326. The third kappa shape index (κ3) is 4.97. The fourth-order valence-electron chi connectivity index (χ4n) is 3.56. The molecule has 0 saturated carbocycles. The maximum atomic E-state index is 11.9. The molecule has 0 radical (unpaired) electrons. The molecule has 26 heavy (non-hydrogen) atoms. The predicted molar refractivity (Wildman–Crippen MR) is 103 cm³/mol. The van der Waals surface area contributed by atoms with Gasteiger partial charge in [-0.25, -0.2) is 8.42 Å². The van der Waals surface area contributed by atoms with E-state index in [-0.39, 0.29) is 36.4 Å². The van der Waals surface area contributed by atoms with Gasteiger partial charge < -0.3 is 16.4 Å². The van der Waals surface area contributed by atoms with Gasteiger partial charge in [-0.1, -0.05) is 12.1 Å². The summed E-state index contributed by atoms with van der Waals surface area (Å²) < 4.78 is 22.8. The van der Waals surface area contributed by atoms with E-state index in [2.05, 4.69) is 21.7 Å². The second-order valence-electron chi connectivity index (χ2n) is 6.96. The van der Waals surface area contributed by atoms with Gasteiger partial charge in [0.1, 0.15) is 0 Å². The topological polar surface area (TPSA) is 114 Å². The predicted octanol–water partition coefficient (Wildman–Crippen LogP) is 0.985. The van der Waals surface area contributed by atoms with Crippen LogP contribution < -0.4 is 16.4 Å². The molecule has 7 nitrogen and oxygen atoms in total. The zero-order valence-corrected chi connectivity index (χ0v) is 15.6. The van der Waals surface area contributed by atoms with Crippen LogP contribution in [0.1, 0.15) is 36.8 Å². The Morgan fingerprint density at radius 1 is 1.27 bits per heavy atom. The molecule has 1 heterocycles. The number of nitrogens with two attached hydrogens (primary N) is 1. The van der Waals surface area contributed by atoms with Crippen molar-refractivity contribution in [2.45, 2.75) is 44.6 Å². The Morgan fingerprint density at radius 2 is 2.08 bits per heavy atom. The Labute approximate surface area is 154 Å². The van der Waals surface area contributed by atoms with Crippen molar-refractivity contribution in [1.82, 2.24) is 5.32 Å². The number of nitrogens with zero attached hydrogens (tertiary/aromatic N) is 1. The quantitative estimate of drug-likeness (QED) is 0.522. The summed E-state index contributed by atoms with van der Waals surface area (Å²) in [5.74, 6) is 0.278. The molecule has 1 aliphatic carbocycles. The highest BCUT2D eigenvalue weighted by Gasteiger charge is 2.28. The highest BCUT2D eigenvalue weighted by molar-refractivity contribution is 7.91. The van der Waals surface area contributed by atoms with Crippen molar-refractivity contribution in [1.29, 1.82) is 0 Å². The zero-order valence-electron chi connectivity index (χ0n) is 14.8. The van der Waals surface area contributed by atoms with Crippen LogP contribution in [0.4, 0.5) is 5.69 Å². The van der Waals surface area contributed by atoms with E-state index in [0.29, 0.717) is 12.4 Å². The Balaban J connectivity index is 1.48. The van der Waals surface area contributed by atoms with Crippen LogP contribution in [-0.2, 0) is 27.5 Å². The highest BCUT2D eigenvalue weighted by atomic mass is 32.2. The van der Waals surface area contributed by atoms with Gasteiger partial charge in [0.25, 0.3) is 0 Å². The average molecular weight is 378 g/mol. The second kappa shape index (κ2) is 8.07. The molecule has 1 unspecified atom stereocenters. The zero-order chi connectivity index (χ0) is 18.6. The van der Waals surface area contributed by atoms with Gasteiger partial charge in [-0.2, -0.15) is 0 Å². The van der Waals surface area contributed by atoms with Crippen LogP contribution in [0.25, 0.3) is 0 Å². The van der Waals surface area contributed by atoms with E-state index < -0.39 is 9.84 Å². The summed E-state index contributed by atoms with van der Waals surface area (Å²) in [4.78, 5) is 16.1. The van der Waals surface area contributed by atoms with E-state index in [9.17, 15) is 13.2 Å². The standard InChI is InChI=1S/C18H26N4O3S/c19-18(22-16-7-3-5-13-4-1-2-6-15(13)16)20-10-8-17(23)21-14-9-11-26(24,25)12-14/h3,5,7,14H,1-2,4,6,8-12H2,(H,21,23)(H3,19,20,22). The summed E-state index contributed by atoms with van der Waals surface area (Å²) in [6.45, 7) is 0.263. The maximum absolute atomic E-state index is 11.9. The molecule has 1 fully saturated rings. The Morgan fingerprint density at radius 3 is 2.85 bits per heavy atom. The molecule has 2 aliphatic rings. The van der Waals surface area contributed by atoms with Gasteiger partial charge in [0.05, 0.1) is 18.1 Å². The van der Waals surface area contributed by atoms with Gasteiger partial charge >= 0.3 is 0 Å². The number of aryl methyl sites for hydroxylation is 1. The molecular weight excluding hydrogens is 352 g/mol. The number of carbonyl (C=O) groups excluding carboxylic acids is 1. The fraction of sp³-hybridized carbons (Fsp3) is 0.556. The molecule has 1 aromatic rings. The van der Waals surface area contributed by atoms with Crippen molar-refractivity contribution in [3.8, 4) is 0 Å². The first kappa shape index (κ1) is 18.7. The van der Waals surface area contributed by atoms with Gasteiger partial charge in [0.15, 0.2) is 15.8 Å². The maximum Gasteiger partial charge on any atom is 0.222 e. The summed E-state index contributed by atoms with van der Waals surface area (Å²) in [7, 11) is -2.99. The van der Waals surface area contributed by atoms with Gasteiger partial charge in [0.2, 0.25) is 5.91 Å². The number of sulfone groups is 1. The normalized spacial score (nSPS) is 21.8. The van der Waals surface area contributed by atoms with Crippen LogP contribution in [0.5, 0.6) is 0 Å². The lowest BCUT2D eigenvalue weighted by molar-refractivity contribution is -0.121. The van der Waals surface area contributed by atoms with E-state index in [0.717, 1.165) is 18.5 Å². The lowest BCUT2D eigenvalue weighted by Crippen LogP contribution is -2.36. The van der Waals surface area contributed by atoms with Crippen molar-refractivity contribution < 1.29 is 13.2 Å². The van der Waals surface area contributed by atoms with Crippen molar-refractivity contribution in [3.05, 3.63) is 29.3 Å². The summed E-state index contributed by atoms with van der Waals surface area (Å²) >= 11 is 0. The number of nitrogens with one attached hydrogen (secondary N) is 2. The van der Waals surface area contributed by atoms with Crippen molar-refractivity contribution in [2.24, 2.45) is 10.7 Å². The fourth-order valence-corrected chi connectivity index (χ4v) is 5.24. The molecule has 0 spiro atoms. The number of hydrogen-bond acceptors (Lipinski definition) is 4. The molecule has 3 rings (SSSR count). The lowest BCUT2D eigenvalue weighted by atomic mass is 9.90. The number of anilines is 1. The summed E-state index contributed by atoms with van der Waals surface area (Å²) in [5.41, 5.74) is 9.61. The largest absolute Gasteiger partial charge is 0.370 e. The molecular formula is C18H26N4O3S.